The number of aliphatic carboxylic acids is 1. The number of carbonyl (C=O) groups excluding carboxylic acids is 1. The SMILES string of the molecule is COc1ccc(CC(=O)N(C)C2COCC2C(=O)O)cc1. The van der Waals surface area contributed by atoms with Gasteiger partial charge in [-0.05, 0) is 17.7 Å². The maximum atomic E-state index is 12.3. The Morgan fingerprint density at radius 3 is 2.57 bits per heavy atom. The summed E-state index contributed by atoms with van der Waals surface area (Å²) in [4.78, 5) is 24.9. The van der Waals surface area contributed by atoms with Crippen molar-refractivity contribution < 1.29 is 24.2 Å². The number of likely N-dealkylation sites (N-methyl/N-ethyl adjacent to an activating group) is 1. The molecule has 0 radical (unpaired) electrons. The summed E-state index contributed by atoms with van der Waals surface area (Å²) in [5.74, 6) is -0.979. The number of rotatable bonds is 5. The topological polar surface area (TPSA) is 76.1 Å². The standard InChI is InChI=1S/C15H19NO5/c1-16(13-9-21-8-12(13)15(18)19)14(17)7-10-3-5-11(20-2)6-4-10/h3-6,12-13H,7-9H2,1-2H3,(H,18,19). The van der Waals surface area contributed by atoms with Crippen LogP contribution in [-0.2, 0) is 20.7 Å². The summed E-state index contributed by atoms with van der Waals surface area (Å²) in [6.45, 7) is 0.419. The molecule has 1 aliphatic heterocycles. The van der Waals surface area contributed by atoms with E-state index in [9.17, 15) is 9.59 Å². The first-order valence-corrected chi connectivity index (χ1v) is 6.72. The lowest BCUT2D eigenvalue weighted by Gasteiger charge is -2.26. The van der Waals surface area contributed by atoms with Crippen LogP contribution < -0.4 is 4.74 Å². The molecule has 6 nitrogen and oxygen atoms in total. The van der Waals surface area contributed by atoms with Crippen LogP contribution in [0.1, 0.15) is 5.56 Å². The van der Waals surface area contributed by atoms with Gasteiger partial charge in [-0.3, -0.25) is 9.59 Å². The quantitative estimate of drug-likeness (QED) is 0.869. The summed E-state index contributed by atoms with van der Waals surface area (Å²) in [6.07, 6.45) is 0.226. The van der Waals surface area contributed by atoms with Crippen molar-refractivity contribution in [3.63, 3.8) is 0 Å². The van der Waals surface area contributed by atoms with Gasteiger partial charge in [-0.15, -0.1) is 0 Å². The van der Waals surface area contributed by atoms with E-state index in [1.54, 1.807) is 26.3 Å². The molecular formula is C15H19NO5. The van der Waals surface area contributed by atoms with Crippen molar-refractivity contribution >= 4 is 11.9 Å². The lowest BCUT2D eigenvalue weighted by Crippen LogP contribution is -2.44. The van der Waals surface area contributed by atoms with E-state index in [2.05, 4.69) is 0 Å². The minimum absolute atomic E-state index is 0.123. The van der Waals surface area contributed by atoms with Gasteiger partial charge in [0.15, 0.2) is 0 Å². The molecule has 2 rings (SSSR count). The van der Waals surface area contributed by atoms with Crippen LogP contribution in [0.15, 0.2) is 24.3 Å². The van der Waals surface area contributed by atoms with Crippen molar-refractivity contribution in [1.82, 2.24) is 4.90 Å². The Morgan fingerprint density at radius 2 is 2.00 bits per heavy atom. The lowest BCUT2D eigenvalue weighted by molar-refractivity contribution is -0.144. The van der Waals surface area contributed by atoms with Gasteiger partial charge < -0.3 is 19.5 Å². The third kappa shape index (κ3) is 3.52. The van der Waals surface area contributed by atoms with Gasteiger partial charge in [0, 0.05) is 7.05 Å². The summed E-state index contributed by atoms with van der Waals surface area (Å²) in [7, 11) is 3.21. The van der Waals surface area contributed by atoms with Gasteiger partial charge in [-0.2, -0.15) is 0 Å². The largest absolute Gasteiger partial charge is 0.497 e. The molecular weight excluding hydrogens is 274 g/mol. The molecule has 0 bridgehead atoms. The molecule has 1 aromatic carbocycles. The fraction of sp³-hybridized carbons (Fsp3) is 0.467. The molecule has 0 saturated carbocycles. The van der Waals surface area contributed by atoms with Gasteiger partial charge >= 0.3 is 5.97 Å². The number of carbonyl (C=O) groups is 2. The zero-order chi connectivity index (χ0) is 15.4. The van der Waals surface area contributed by atoms with E-state index < -0.39 is 17.9 Å². The number of nitrogens with zero attached hydrogens (tertiary/aromatic N) is 1. The Bertz CT molecular complexity index is 513. The second kappa shape index (κ2) is 6.58. The van der Waals surface area contributed by atoms with Crippen LogP contribution in [0.2, 0.25) is 0 Å². The fourth-order valence-electron chi connectivity index (χ4n) is 2.39. The maximum absolute atomic E-state index is 12.3. The first-order valence-electron chi connectivity index (χ1n) is 6.72. The molecule has 2 atom stereocenters. The van der Waals surface area contributed by atoms with Crippen LogP contribution >= 0.6 is 0 Å². The molecule has 0 aliphatic carbocycles. The Morgan fingerprint density at radius 1 is 1.33 bits per heavy atom. The van der Waals surface area contributed by atoms with Crippen LogP contribution in [0.3, 0.4) is 0 Å². The van der Waals surface area contributed by atoms with E-state index in [1.807, 2.05) is 12.1 Å². The maximum Gasteiger partial charge on any atom is 0.311 e. The van der Waals surface area contributed by atoms with Crippen molar-refractivity contribution in [2.75, 3.05) is 27.4 Å². The molecule has 1 aliphatic rings. The highest BCUT2D eigenvalue weighted by atomic mass is 16.5. The lowest BCUT2D eigenvalue weighted by atomic mass is 10.0. The Balaban J connectivity index is 2.00. The van der Waals surface area contributed by atoms with E-state index in [4.69, 9.17) is 14.6 Å². The predicted octanol–water partition coefficient (Wildman–Crippen LogP) is 0.796. The Labute approximate surface area is 123 Å². The minimum Gasteiger partial charge on any atom is -0.497 e. The Kier molecular flexibility index (Phi) is 4.80. The van der Waals surface area contributed by atoms with Crippen molar-refractivity contribution in [2.45, 2.75) is 12.5 Å². The van der Waals surface area contributed by atoms with Crippen LogP contribution in [0.4, 0.5) is 0 Å². The summed E-state index contributed by atoms with van der Waals surface area (Å²) < 4.78 is 10.3. The summed E-state index contributed by atoms with van der Waals surface area (Å²) in [5.41, 5.74) is 0.860. The predicted molar refractivity (Wildman–Crippen MR) is 75.2 cm³/mol. The van der Waals surface area contributed by atoms with Crippen molar-refractivity contribution in [2.24, 2.45) is 5.92 Å². The number of carboxylic acids is 1. The summed E-state index contributed by atoms with van der Waals surface area (Å²) in [5, 5.41) is 9.13. The van der Waals surface area contributed by atoms with Gasteiger partial charge in [0.05, 0.1) is 32.8 Å². The second-order valence-electron chi connectivity index (χ2n) is 5.08. The molecule has 1 aromatic rings. The number of methoxy groups -OCH3 is 1. The van der Waals surface area contributed by atoms with Gasteiger partial charge in [-0.25, -0.2) is 0 Å². The fourth-order valence-corrected chi connectivity index (χ4v) is 2.39. The number of carboxylic acid groups (broad SMARTS) is 1. The first-order chi connectivity index (χ1) is 10.0. The molecule has 1 N–H and O–H groups in total. The van der Waals surface area contributed by atoms with Crippen LogP contribution in [0.5, 0.6) is 5.75 Å². The number of hydrogen-bond acceptors (Lipinski definition) is 4. The molecule has 114 valence electrons. The highest BCUT2D eigenvalue weighted by Crippen LogP contribution is 2.20. The van der Waals surface area contributed by atoms with Crippen LogP contribution in [-0.4, -0.2) is 55.3 Å². The number of benzene rings is 1. The molecule has 1 heterocycles. The van der Waals surface area contributed by atoms with Gasteiger partial charge in [0.25, 0.3) is 0 Å². The molecule has 1 saturated heterocycles. The zero-order valence-electron chi connectivity index (χ0n) is 12.1. The molecule has 21 heavy (non-hydrogen) atoms. The zero-order valence-corrected chi connectivity index (χ0v) is 12.1. The van der Waals surface area contributed by atoms with E-state index in [-0.39, 0.29) is 25.5 Å². The monoisotopic (exact) mass is 293 g/mol. The van der Waals surface area contributed by atoms with Crippen LogP contribution in [0.25, 0.3) is 0 Å². The van der Waals surface area contributed by atoms with E-state index in [0.717, 1.165) is 11.3 Å². The third-order valence-electron chi connectivity index (χ3n) is 3.77. The smallest absolute Gasteiger partial charge is 0.311 e. The van der Waals surface area contributed by atoms with Crippen molar-refractivity contribution in [1.29, 1.82) is 0 Å². The average Bonchev–Trinajstić information content (AvgIpc) is 2.96. The normalized spacial score (nSPS) is 21.0. The molecule has 2 unspecified atom stereocenters. The number of amides is 1. The summed E-state index contributed by atoms with van der Waals surface area (Å²) >= 11 is 0. The highest BCUT2D eigenvalue weighted by molar-refractivity contribution is 5.80. The van der Waals surface area contributed by atoms with Crippen molar-refractivity contribution in [3.05, 3.63) is 29.8 Å². The second-order valence-corrected chi connectivity index (χ2v) is 5.08. The molecule has 0 spiro atoms. The molecule has 0 aromatic heterocycles. The third-order valence-corrected chi connectivity index (χ3v) is 3.77. The van der Waals surface area contributed by atoms with Crippen LogP contribution in [0, 0.1) is 5.92 Å². The van der Waals surface area contributed by atoms with Gasteiger partial charge in [0.2, 0.25) is 5.91 Å². The number of ether oxygens (including phenoxy) is 2. The highest BCUT2D eigenvalue weighted by Gasteiger charge is 2.38. The van der Waals surface area contributed by atoms with E-state index in [0.29, 0.717) is 0 Å². The minimum atomic E-state index is -0.929. The van der Waals surface area contributed by atoms with Gasteiger partial charge in [-0.1, -0.05) is 12.1 Å². The van der Waals surface area contributed by atoms with Crippen molar-refractivity contribution in [3.8, 4) is 5.75 Å². The Hall–Kier alpha value is -2.08. The summed E-state index contributed by atoms with van der Waals surface area (Å²) in [6, 6.07) is 6.82. The van der Waals surface area contributed by atoms with Gasteiger partial charge in [0.1, 0.15) is 11.7 Å². The molecule has 1 amide bonds. The average molecular weight is 293 g/mol. The molecule has 6 heteroatoms. The first kappa shape index (κ1) is 15.3. The molecule has 1 fully saturated rings. The van der Waals surface area contributed by atoms with E-state index >= 15 is 0 Å². The number of hydrogen-bond donors (Lipinski definition) is 1. The van der Waals surface area contributed by atoms with E-state index in [1.165, 1.54) is 4.90 Å².